The van der Waals surface area contributed by atoms with Crippen LogP contribution in [0.3, 0.4) is 0 Å². The van der Waals surface area contributed by atoms with Crippen LogP contribution < -0.4 is 0 Å². The Morgan fingerprint density at radius 3 is 2.58 bits per heavy atom. The Bertz CT molecular complexity index is 180. The Kier molecular flexibility index (Phi) is 2.69. The average molecular weight is 174 g/mol. The number of hydrogen-bond donors (Lipinski definition) is 1. The van der Waals surface area contributed by atoms with Gasteiger partial charge in [0.2, 0.25) is 0 Å². The van der Waals surface area contributed by atoms with Crippen LogP contribution in [0.5, 0.6) is 0 Å². The highest BCUT2D eigenvalue weighted by Crippen LogP contribution is 2.35. The Morgan fingerprint density at radius 2 is 2.25 bits per heavy atom. The summed E-state index contributed by atoms with van der Waals surface area (Å²) in [5, 5.41) is 8.96. The fourth-order valence-corrected chi connectivity index (χ4v) is 1.82. The van der Waals surface area contributed by atoms with E-state index in [1.807, 2.05) is 0 Å². The SMILES string of the molecule is COC1CCCC1(OC)C(=O)O. The highest BCUT2D eigenvalue weighted by atomic mass is 16.6. The van der Waals surface area contributed by atoms with E-state index in [9.17, 15) is 4.79 Å². The van der Waals surface area contributed by atoms with Gasteiger partial charge in [-0.1, -0.05) is 0 Å². The zero-order valence-corrected chi connectivity index (χ0v) is 7.37. The first-order chi connectivity index (χ1) is 5.67. The number of carboxylic acid groups (broad SMARTS) is 1. The van der Waals surface area contributed by atoms with E-state index in [1.165, 1.54) is 14.2 Å². The summed E-state index contributed by atoms with van der Waals surface area (Å²) in [4.78, 5) is 10.9. The lowest BCUT2D eigenvalue weighted by Crippen LogP contribution is -2.48. The predicted octanol–water partition coefficient (Wildman–Crippen LogP) is 0.655. The van der Waals surface area contributed by atoms with Crippen LogP contribution in [0.2, 0.25) is 0 Å². The molecule has 0 aromatic rings. The molecule has 4 heteroatoms. The average Bonchev–Trinajstić information content (AvgIpc) is 2.47. The number of aliphatic carboxylic acids is 1. The van der Waals surface area contributed by atoms with E-state index in [-0.39, 0.29) is 6.10 Å². The van der Waals surface area contributed by atoms with Crippen molar-refractivity contribution >= 4 is 5.97 Å². The fraction of sp³-hybridized carbons (Fsp3) is 0.875. The first-order valence-electron chi connectivity index (χ1n) is 3.98. The maximum absolute atomic E-state index is 10.9. The van der Waals surface area contributed by atoms with Crippen molar-refractivity contribution in [1.29, 1.82) is 0 Å². The summed E-state index contributed by atoms with van der Waals surface area (Å²) >= 11 is 0. The molecule has 1 saturated carbocycles. The van der Waals surface area contributed by atoms with Crippen molar-refractivity contribution in [3.63, 3.8) is 0 Å². The molecule has 4 nitrogen and oxygen atoms in total. The van der Waals surface area contributed by atoms with Crippen LogP contribution in [0.4, 0.5) is 0 Å². The molecule has 0 amide bonds. The van der Waals surface area contributed by atoms with Crippen LogP contribution in [0.15, 0.2) is 0 Å². The largest absolute Gasteiger partial charge is 0.479 e. The van der Waals surface area contributed by atoms with Gasteiger partial charge in [-0.25, -0.2) is 4.79 Å². The van der Waals surface area contributed by atoms with E-state index >= 15 is 0 Å². The molecule has 0 radical (unpaired) electrons. The molecule has 0 heterocycles. The Hall–Kier alpha value is -0.610. The summed E-state index contributed by atoms with van der Waals surface area (Å²) in [7, 11) is 2.94. The lowest BCUT2D eigenvalue weighted by molar-refractivity contribution is -0.175. The Balaban J connectivity index is 2.83. The zero-order valence-electron chi connectivity index (χ0n) is 7.37. The zero-order chi connectivity index (χ0) is 9.19. The molecule has 0 aromatic heterocycles. The minimum atomic E-state index is -1.10. The maximum atomic E-state index is 10.9. The van der Waals surface area contributed by atoms with Crippen LogP contribution in [0, 0.1) is 0 Å². The van der Waals surface area contributed by atoms with Crippen molar-refractivity contribution in [2.75, 3.05) is 14.2 Å². The molecule has 0 aliphatic heterocycles. The van der Waals surface area contributed by atoms with Gasteiger partial charge in [0.05, 0.1) is 6.10 Å². The summed E-state index contributed by atoms with van der Waals surface area (Å²) in [6.45, 7) is 0. The van der Waals surface area contributed by atoms with Crippen LogP contribution in [-0.2, 0) is 14.3 Å². The summed E-state index contributed by atoms with van der Waals surface area (Å²) in [6, 6.07) is 0. The van der Waals surface area contributed by atoms with Gasteiger partial charge in [0, 0.05) is 14.2 Å². The molecule has 1 aliphatic carbocycles. The van der Waals surface area contributed by atoms with Crippen molar-refractivity contribution in [3.8, 4) is 0 Å². The molecule has 0 aromatic carbocycles. The number of rotatable bonds is 3. The molecule has 2 atom stereocenters. The molecule has 0 bridgehead atoms. The fourth-order valence-electron chi connectivity index (χ4n) is 1.82. The molecule has 2 unspecified atom stereocenters. The third-order valence-corrected chi connectivity index (χ3v) is 2.55. The number of hydrogen-bond acceptors (Lipinski definition) is 3. The van der Waals surface area contributed by atoms with Crippen LogP contribution in [0.25, 0.3) is 0 Å². The molecular formula is C8H14O4. The monoisotopic (exact) mass is 174 g/mol. The molecule has 70 valence electrons. The molecule has 1 N–H and O–H groups in total. The lowest BCUT2D eigenvalue weighted by atomic mass is 10.00. The number of methoxy groups -OCH3 is 2. The van der Waals surface area contributed by atoms with Gasteiger partial charge in [0.25, 0.3) is 0 Å². The molecule has 1 rings (SSSR count). The van der Waals surface area contributed by atoms with Crippen molar-refractivity contribution in [1.82, 2.24) is 0 Å². The normalized spacial score (nSPS) is 35.3. The van der Waals surface area contributed by atoms with E-state index in [4.69, 9.17) is 14.6 Å². The third-order valence-electron chi connectivity index (χ3n) is 2.55. The number of carboxylic acids is 1. The van der Waals surface area contributed by atoms with Crippen molar-refractivity contribution in [2.24, 2.45) is 0 Å². The van der Waals surface area contributed by atoms with Gasteiger partial charge in [-0.3, -0.25) is 0 Å². The van der Waals surface area contributed by atoms with Crippen molar-refractivity contribution < 1.29 is 19.4 Å². The van der Waals surface area contributed by atoms with Crippen LogP contribution in [-0.4, -0.2) is 37.0 Å². The van der Waals surface area contributed by atoms with E-state index in [1.54, 1.807) is 0 Å². The van der Waals surface area contributed by atoms with Gasteiger partial charge in [0.1, 0.15) is 0 Å². The molecule has 0 spiro atoms. The summed E-state index contributed by atoms with van der Waals surface area (Å²) < 4.78 is 10.1. The van der Waals surface area contributed by atoms with Crippen molar-refractivity contribution in [2.45, 2.75) is 31.0 Å². The summed E-state index contributed by atoms with van der Waals surface area (Å²) in [5.41, 5.74) is -1.10. The Labute approximate surface area is 71.5 Å². The second-order valence-corrected chi connectivity index (χ2v) is 3.02. The van der Waals surface area contributed by atoms with E-state index < -0.39 is 11.6 Å². The molecular weight excluding hydrogens is 160 g/mol. The maximum Gasteiger partial charge on any atom is 0.338 e. The third kappa shape index (κ3) is 1.21. The standard InChI is InChI=1S/C8H14O4/c1-11-6-4-3-5-8(6,12-2)7(9)10/h6H,3-5H2,1-2H3,(H,9,10). The lowest BCUT2D eigenvalue weighted by Gasteiger charge is -2.28. The first-order valence-corrected chi connectivity index (χ1v) is 3.98. The second kappa shape index (κ2) is 3.41. The summed E-state index contributed by atoms with van der Waals surface area (Å²) in [6.07, 6.45) is 1.84. The second-order valence-electron chi connectivity index (χ2n) is 3.02. The predicted molar refractivity (Wildman–Crippen MR) is 42.0 cm³/mol. The minimum Gasteiger partial charge on any atom is -0.479 e. The highest BCUT2D eigenvalue weighted by molar-refractivity contribution is 5.78. The quantitative estimate of drug-likeness (QED) is 0.682. The topological polar surface area (TPSA) is 55.8 Å². The van der Waals surface area contributed by atoms with Gasteiger partial charge in [0.15, 0.2) is 5.60 Å². The Morgan fingerprint density at radius 1 is 1.58 bits per heavy atom. The molecule has 1 fully saturated rings. The van der Waals surface area contributed by atoms with Gasteiger partial charge in [-0.2, -0.15) is 0 Å². The first kappa shape index (κ1) is 9.48. The smallest absolute Gasteiger partial charge is 0.338 e. The van der Waals surface area contributed by atoms with Gasteiger partial charge in [-0.05, 0) is 19.3 Å². The van der Waals surface area contributed by atoms with E-state index in [0.29, 0.717) is 6.42 Å². The minimum absolute atomic E-state index is 0.306. The van der Waals surface area contributed by atoms with E-state index in [2.05, 4.69) is 0 Å². The van der Waals surface area contributed by atoms with Gasteiger partial charge in [-0.15, -0.1) is 0 Å². The van der Waals surface area contributed by atoms with Gasteiger partial charge < -0.3 is 14.6 Å². The van der Waals surface area contributed by atoms with Gasteiger partial charge >= 0.3 is 5.97 Å². The number of ether oxygens (including phenoxy) is 2. The molecule has 12 heavy (non-hydrogen) atoms. The molecule has 0 saturated heterocycles. The summed E-state index contributed by atoms with van der Waals surface area (Å²) in [5.74, 6) is -0.922. The van der Waals surface area contributed by atoms with Crippen LogP contribution >= 0.6 is 0 Å². The molecule has 1 aliphatic rings. The highest BCUT2D eigenvalue weighted by Gasteiger charge is 2.50. The number of carbonyl (C=O) groups is 1. The van der Waals surface area contributed by atoms with Crippen LogP contribution in [0.1, 0.15) is 19.3 Å². The van der Waals surface area contributed by atoms with Crippen molar-refractivity contribution in [3.05, 3.63) is 0 Å². The van der Waals surface area contributed by atoms with E-state index in [0.717, 1.165) is 12.8 Å².